The lowest BCUT2D eigenvalue weighted by Crippen LogP contribution is -2.44. The molecule has 2 fully saturated rings. The van der Waals surface area contributed by atoms with Gasteiger partial charge in [0, 0.05) is 25.3 Å². The van der Waals surface area contributed by atoms with Crippen molar-refractivity contribution in [3.8, 4) is 5.75 Å². The summed E-state index contributed by atoms with van der Waals surface area (Å²) in [5, 5.41) is 11.9. The van der Waals surface area contributed by atoms with Crippen molar-refractivity contribution in [2.45, 2.75) is 51.6 Å². The SMILES string of the molecule is COc1c(N2CCC/C(=C(\F)CNC(=O)[C@@H](N)C(C)C)C2)c(F)cc2c(=O)c(C(=O)O)cn(C3CC3)c12.Cl. The Morgan fingerprint density at radius 2 is 2.00 bits per heavy atom. The molecule has 0 radical (unpaired) electrons. The number of hydrogen-bond acceptors (Lipinski definition) is 6. The molecular weight excluding hydrogens is 522 g/mol. The van der Waals surface area contributed by atoms with Gasteiger partial charge in [0.2, 0.25) is 11.3 Å². The van der Waals surface area contributed by atoms with Crippen LogP contribution >= 0.6 is 12.4 Å². The van der Waals surface area contributed by atoms with Crippen LogP contribution in [-0.2, 0) is 4.79 Å². The quantitative estimate of drug-likeness (QED) is 0.455. The Labute approximate surface area is 225 Å². The number of carboxylic acids is 1. The molecule has 1 amide bonds. The van der Waals surface area contributed by atoms with Gasteiger partial charge in [-0.05, 0) is 43.2 Å². The normalized spacial score (nSPS) is 17.7. The summed E-state index contributed by atoms with van der Waals surface area (Å²) >= 11 is 0. The second-order valence-corrected chi connectivity index (χ2v) is 9.97. The molecule has 2 aliphatic rings. The molecule has 4 N–H and O–H groups in total. The third-order valence-electron chi connectivity index (χ3n) is 7.00. The average Bonchev–Trinajstić information content (AvgIpc) is 3.71. The van der Waals surface area contributed by atoms with E-state index in [4.69, 9.17) is 10.5 Å². The lowest BCUT2D eigenvalue weighted by molar-refractivity contribution is -0.123. The number of amides is 1. The number of nitrogens with two attached hydrogens (primary N) is 1. The van der Waals surface area contributed by atoms with Gasteiger partial charge in [-0.15, -0.1) is 12.4 Å². The maximum absolute atomic E-state index is 15.6. The number of fused-ring (bicyclic) bond motifs is 1. The van der Waals surface area contributed by atoms with Crippen molar-refractivity contribution in [1.82, 2.24) is 9.88 Å². The summed E-state index contributed by atoms with van der Waals surface area (Å²) in [6.45, 7) is 3.78. The zero-order valence-electron chi connectivity index (χ0n) is 21.6. The molecule has 1 saturated heterocycles. The third-order valence-corrected chi connectivity index (χ3v) is 7.00. The van der Waals surface area contributed by atoms with Crippen molar-refractivity contribution in [2.75, 3.05) is 31.6 Å². The molecule has 1 aliphatic heterocycles. The van der Waals surface area contributed by atoms with Crippen LogP contribution in [0.1, 0.15) is 55.9 Å². The predicted octanol–water partition coefficient (Wildman–Crippen LogP) is 3.53. The van der Waals surface area contributed by atoms with E-state index in [0.29, 0.717) is 30.5 Å². The third kappa shape index (κ3) is 5.63. The van der Waals surface area contributed by atoms with E-state index in [1.54, 1.807) is 23.3 Å². The van der Waals surface area contributed by atoms with Gasteiger partial charge in [-0.25, -0.2) is 13.6 Å². The van der Waals surface area contributed by atoms with Gasteiger partial charge in [0.05, 0.1) is 30.6 Å². The van der Waals surface area contributed by atoms with Crippen LogP contribution in [-0.4, -0.2) is 54.3 Å². The van der Waals surface area contributed by atoms with E-state index in [0.717, 1.165) is 18.9 Å². The fourth-order valence-corrected chi connectivity index (χ4v) is 4.72. The number of benzene rings is 1. The van der Waals surface area contributed by atoms with E-state index in [-0.39, 0.29) is 54.3 Å². The predicted molar refractivity (Wildman–Crippen MR) is 143 cm³/mol. The fourth-order valence-electron chi connectivity index (χ4n) is 4.72. The van der Waals surface area contributed by atoms with Crippen LogP contribution in [0.4, 0.5) is 14.5 Å². The summed E-state index contributed by atoms with van der Waals surface area (Å²) < 4.78 is 37.9. The average molecular weight is 555 g/mol. The van der Waals surface area contributed by atoms with Crippen LogP contribution < -0.4 is 26.1 Å². The minimum atomic E-state index is -1.38. The Hall–Kier alpha value is -3.18. The van der Waals surface area contributed by atoms with Crippen molar-refractivity contribution >= 4 is 40.9 Å². The number of hydrogen-bond donors (Lipinski definition) is 3. The molecule has 0 bridgehead atoms. The van der Waals surface area contributed by atoms with E-state index in [1.807, 2.05) is 0 Å². The maximum atomic E-state index is 15.6. The Balaban J connectivity index is 0.00000400. The minimum Gasteiger partial charge on any atom is -0.492 e. The first-order valence-corrected chi connectivity index (χ1v) is 12.4. The van der Waals surface area contributed by atoms with Crippen molar-refractivity contribution < 1.29 is 28.2 Å². The highest BCUT2D eigenvalue weighted by molar-refractivity contribution is 5.97. The van der Waals surface area contributed by atoms with Gasteiger partial charge in [0.25, 0.3) is 0 Å². The van der Waals surface area contributed by atoms with Crippen LogP contribution in [0.15, 0.2) is 28.5 Å². The number of carboxylic acid groups (broad SMARTS) is 1. The Kier molecular flexibility index (Phi) is 9.04. The van der Waals surface area contributed by atoms with Gasteiger partial charge in [-0.3, -0.25) is 9.59 Å². The summed E-state index contributed by atoms with van der Waals surface area (Å²) in [7, 11) is 1.36. The topological polar surface area (TPSA) is 127 Å². The van der Waals surface area contributed by atoms with Gasteiger partial charge in [0.1, 0.15) is 17.1 Å². The van der Waals surface area contributed by atoms with Crippen LogP contribution in [0.25, 0.3) is 10.9 Å². The van der Waals surface area contributed by atoms with Crippen molar-refractivity contribution in [3.63, 3.8) is 0 Å². The summed E-state index contributed by atoms with van der Waals surface area (Å²) in [5.41, 5.74) is 5.43. The number of aromatic carboxylic acids is 1. The van der Waals surface area contributed by atoms with E-state index in [1.165, 1.54) is 13.3 Å². The number of anilines is 1. The van der Waals surface area contributed by atoms with E-state index in [2.05, 4.69) is 5.32 Å². The number of nitrogens with one attached hydrogen (secondary N) is 1. The van der Waals surface area contributed by atoms with Crippen LogP contribution in [0, 0.1) is 11.7 Å². The molecule has 2 aromatic rings. The highest BCUT2D eigenvalue weighted by Crippen LogP contribution is 2.44. The summed E-state index contributed by atoms with van der Waals surface area (Å²) in [5.74, 6) is -3.08. The molecule has 4 rings (SSSR count). The molecule has 1 saturated carbocycles. The van der Waals surface area contributed by atoms with Crippen LogP contribution in [0.2, 0.25) is 0 Å². The number of pyridine rings is 1. The summed E-state index contributed by atoms with van der Waals surface area (Å²) in [6.07, 6.45) is 3.86. The highest BCUT2D eigenvalue weighted by Gasteiger charge is 2.32. The van der Waals surface area contributed by atoms with Gasteiger partial charge in [-0.2, -0.15) is 0 Å². The number of ether oxygens (including phenoxy) is 1. The molecular formula is C26H33ClF2N4O5. The number of nitrogens with zero attached hydrogens (tertiary/aromatic N) is 2. The first-order chi connectivity index (χ1) is 17.5. The lowest BCUT2D eigenvalue weighted by atomic mass is 10.0. The van der Waals surface area contributed by atoms with Crippen LogP contribution in [0.3, 0.4) is 0 Å². The first-order valence-electron chi connectivity index (χ1n) is 12.4. The number of carbonyl (C=O) groups excluding carboxylic acids is 1. The zero-order chi connectivity index (χ0) is 27.0. The standard InChI is InChI=1S/C26H32F2N4O5.ClH/c1-13(2)20(29)25(34)30-10-19(28)14-5-4-8-31(11-14)22-18(27)9-16-21(24(22)37-3)32(15-6-7-15)12-17(23(16)33)26(35)36;/h9,12-13,15,20H,4-8,10-11,29H2,1-3H3,(H,30,34)(H,35,36);1H/b19-14+;/t20-;/m0./s1. The molecule has 208 valence electrons. The number of halogens is 3. The first kappa shape index (κ1) is 29.4. The van der Waals surface area contributed by atoms with Gasteiger partial charge >= 0.3 is 5.97 Å². The monoisotopic (exact) mass is 554 g/mol. The smallest absolute Gasteiger partial charge is 0.341 e. The Morgan fingerprint density at radius 3 is 2.58 bits per heavy atom. The largest absolute Gasteiger partial charge is 0.492 e. The number of carbonyl (C=O) groups is 2. The van der Waals surface area contributed by atoms with Crippen LogP contribution in [0.5, 0.6) is 5.75 Å². The van der Waals surface area contributed by atoms with Gasteiger partial charge in [0.15, 0.2) is 11.6 Å². The molecule has 1 aliphatic carbocycles. The fraction of sp³-hybridized carbons (Fsp3) is 0.500. The van der Waals surface area contributed by atoms with Crippen molar-refractivity contribution in [2.24, 2.45) is 11.7 Å². The second-order valence-electron chi connectivity index (χ2n) is 9.97. The number of methoxy groups -OCH3 is 1. The van der Waals surface area contributed by atoms with E-state index < -0.39 is 40.6 Å². The Morgan fingerprint density at radius 1 is 1.32 bits per heavy atom. The molecule has 2 heterocycles. The molecule has 0 unspecified atom stereocenters. The summed E-state index contributed by atoms with van der Waals surface area (Å²) in [6, 6.07) is 0.272. The number of piperidine rings is 1. The molecule has 1 atom stereocenters. The molecule has 1 aromatic heterocycles. The molecule has 1 aromatic carbocycles. The summed E-state index contributed by atoms with van der Waals surface area (Å²) in [4.78, 5) is 38.3. The molecule has 9 nitrogen and oxygen atoms in total. The molecule has 0 spiro atoms. The Bertz CT molecular complexity index is 1340. The minimum absolute atomic E-state index is 0. The number of aromatic nitrogens is 1. The number of rotatable bonds is 8. The van der Waals surface area contributed by atoms with Gasteiger partial charge < -0.3 is 30.4 Å². The lowest BCUT2D eigenvalue weighted by Gasteiger charge is -2.33. The highest BCUT2D eigenvalue weighted by atomic mass is 35.5. The van der Waals surface area contributed by atoms with Crippen molar-refractivity contribution in [3.05, 3.63) is 45.3 Å². The van der Waals surface area contributed by atoms with Gasteiger partial charge in [-0.1, -0.05) is 13.8 Å². The molecule has 38 heavy (non-hydrogen) atoms. The van der Waals surface area contributed by atoms with E-state index >= 15 is 8.78 Å². The second kappa shape index (κ2) is 11.7. The van der Waals surface area contributed by atoms with Crippen molar-refractivity contribution in [1.29, 1.82) is 0 Å². The zero-order valence-corrected chi connectivity index (χ0v) is 22.4. The van der Waals surface area contributed by atoms with E-state index in [9.17, 15) is 19.5 Å². The maximum Gasteiger partial charge on any atom is 0.341 e. The molecule has 12 heteroatoms.